The Morgan fingerprint density at radius 2 is 1.83 bits per heavy atom. The largest absolute Gasteiger partial charge is 0.464 e. The zero-order valence-corrected chi connectivity index (χ0v) is 12.2. The highest BCUT2D eigenvalue weighted by Crippen LogP contribution is 2.40. The fourth-order valence-electron chi connectivity index (χ4n) is 3.12. The summed E-state index contributed by atoms with van der Waals surface area (Å²) in [5.74, 6) is 1.07. The summed E-state index contributed by atoms with van der Waals surface area (Å²) in [4.78, 5) is 11.9. The third-order valence-corrected chi connectivity index (χ3v) is 4.56. The normalized spacial score (nSPS) is 27.9. The van der Waals surface area contributed by atoms with Crippen LogP contribution in [-0.2, 0) is 9.53 Å². The summed E-state index contributed by atoms with van der Waals surface area (Å²) in [5.41, 5.74) is -1.27. The smallest absolute Gasteiger partial charge is 0.338 e. The molecule has 106 valence electrons. The van der Waals surface area contributed by atoms with Gasteiger partial charge in [0.1, 0.15) is 0 Å². The molecule has 1 atom stereocenters. The minimum Gasteiger partial charge on any atom is -0.464 e. The highest BCUT2D eigenvalue weighted by Gasteiger charge is 2.45. The van der Waals surface area contributed by atoms with Crippen LogP contribution < -0.4 is 0 Å². The summed E-state index contributed by atoms with van der Waals surface area (Å²) >= 11 is 0. The standard InChI is InChI=1S/C15H28O3/c1-5-15(17,14(16)18-6-2)13-9-7-12(8-10-13)11(3)4/h11-13,17H,5-10H2,1-4H3. The van der Waals surface area contributed by atoms with Gasteiger partial charge in [0, 0.05) is 0 Å². The van der Waals surface area contributed by atoms with Crippen LogP contribution in [0, 0.1) is 17.8 Å². The lowest BCUT2D eigenvalue weighted by atomic mass is 9.70. The van der Waals surface area contributed by atoms with Crippen LogP contribution in [0.25, 0.3) is 0 Å². The lowest BCUT2D eigenvalue weighted by Crippen LogP contribution is -2.48. The summed E-state index contributed by atoms with van der Waals surface area (Å²) < 4.78 is 5.04. The van der Waals surface area contributed by atoms with E-state index >= 15 is 0 Å². The molecule has 3 nitrogen and oxygen atoms in total. The minimum absolute atomic E-state index is 0.0662. The fourth-order valence-corrected chi connectivity index (χ4v) is 3.12. The van der Waals surface area contributed by atoms with Crippen molar-refractivity contribution in [1.82, 2.24) is 0 Å². The lowest BCUT2D eigenvalue weighted by molar-refractivity contribution is -0.174. The molecule has 0 heterocycles. The van der Waals surface area contributed by atoms with E-state index in [9.17, 15) is 9.90 Å². The van der Waals surface area contributed by atoms with Gasteiger partial charge in [0.25, 0.3) is 0 Å². The molecule has 1 aliphatic carbocycles. The van der Waals surface area contributed by atoms with E-state index in [1.165, 1.54) is 0 Å². The summed E-state index contributed by atoms with van der Waals surface area (Å²) in [6.45, 7) is 8.49. The number of ether oxygens (including phenoxy) is 1. The molecule has 0 spiro atoms. The van der Waals surface area contributed by atoms with Crippen LogP contribution in [-0.4, -0.2) is 23.3 Å². The van der Waals surface area contributed by atoms with Gasteiger partial charge in [0.05, 0.1) is 6.61 Å². The zero-order valence-electron chi connectivity index (χ0n) is 12.2. The second-order valence-corrected chi connectivity index (χ2v) is 5.85. The van der Waals surface area contributed by atoms with Gasteiger partial charge in [-0.1, -0.05) is 20.8 Å². The molecular weight excluding hydrogens is 228 g/mol. The topological polar surface area (TPSA) is 46.5 Å². The number of carbonyl (C=O) groups excluding carboxylic acids is 1. The number of hydrogen-bond donors (Lipinski definition) is 1. The van der Waals surface area contributed by atoms with Crippen molar-refractivity contribution in [3.8, 4) is 0 Å². The first-order valence-corrected chi connectivity index (χ1v) is 7.35. The van der Waals surface area contributed by atoms with Gasteiger partial charge in [-0.3, -0.25) is 0 Å². The van der Waals surface area contributed by atoms with Gasteiger partial charge >= 0.3 is 5.97 Å². The van der Waals surface area contributed by atoms with E-state index in [-0.39, 0.29) is 5.92 Å². The van der Waals surface area contributed by atoms with Crippen molar-refractivity contribution >= 4 is 5.97 Å². The highest BCUT2D eigenvalue weighted by molar-refractivity contribution is 5.79. The summed E-state index contributed by atoms with van der Waals surface area (Å²) in [6, 6.07) is 0. The third-order valence-electron chi connectivity index (χ3n) is 4.56. The molecule has 18 heavy (non-hydrogen) atoms. The monoisotopic (exact) mass is 256 g/mol. The quantitative estimate of drug-likeness (QED) is 0.769. The first kappa shape index (κ1) is 15.5. The Kier molecular flexibility index (Phi) is 5.64. The van der Waals surface area contributed by atoms with Crippen LogP contribution in [0.4, 0.5) is 0 Å². The van der Waals surface area contributed by atoms with Crippen molar-refractivity contribution in [2.75, 3.05) is 6.61 Å². The van der Waals surface area contributed by atoms with E-state index in [0.29, 0.717) is 18.9 Å². The Bertz CT molecular complexity index is 267. The maximum atomic E-state index is 11.9. The number of carbonyl (C=O) groups is 1. The Morgan fingerprint density at radius 1 is 1.28 bits per heavy atom. The molecule has 1 rings (SSSR count). The molecule has 0 bridgehead atoms. The molecule has 0 aromatic heterocycles. The molecule has 0 aromatic rings. The average molecular weight is 256 g/mol. The van der Waals surface area contributed by atoms with Crippen molar-refractivity contribution in [3.05, 3.63) is 0 Å². The predicted octanol–water partition coefficient (Wildman–Crippen LogP) is 3.15. The first-order chi connectivity index (χ1) is 8.45. The van der Waals surface area contributed by atoms with Gasteiger partial charge in [0.2, 0.25) is 0 Å². The second-order valence-electron chi connectivity index (χ2n) is 5.85. The van der Waals surface area contributed by atoms with Crippen LogP contribution >= 0.6 is 0 Å². The van der Waals surface area contributed by atoms with Crippen LogP contribution in [0.5, 0.6) is 0 Å². The van der Waals surface area contributed by atoms with Gasteiger partial charge in [0.15, 0.2) is 5.60 Å². The Morgan fingerprint density at radius 3 is 2.22 bits per heavy atom. The fraction of sp³-hybridized carbons (Fsp3) is 0.933. The highest BCUT2D eigenvalue weighted by atomic mass is 16.5. The van der Waals surface area contributed by atoms with Crippen LogP contribution in [0.2, 0.25) is 0 Å². The third kappa shape index (κ3) is 3.25. The molecule has 3 heteroatoms. The molecule has 0 radical (unpaired) electrons. The van der Waals surface area contributed by atoms with Crippen molar-refractivity contribution in [2.45, 2.75) is 65.4 Å². The maximum Gasteiger partial charge on any atom is 0.338 e. The SMILES string of the molecule is CCOC(=O)C(O)(CC)C1CCC(C(C)C)CC1. The molecule has 0 aromatic carbocycles. The van der Waals surface area contributed by atoms with E-state index in [1.54, 1.807) is 6.92 Å². The molecule has 1 saturated carbocycles. The van der Waals surface area contributed by atoms with E-state index in [2.05, 4.69) is 13.8 Å². The van der Waals surface area contributed by atoms with E-state index in [4.69, 9.17) is 4.74 Å². The molecule has 0 aliphatic heterocycles. The zero-order chi connectivity index (χ0) is 13.8. The van der Waals surface area contributed by atoms with E-state index < -0.39 is 11.6 Å². The molecule has 1 N–H and O–H groups in total. The summed E-state index contributed by atoms with van der Waals surface area (Å²) in [5, 5.41) is 10.6. The van der Waals surface area contributed by atoms with Crippen LogP contribution in [0.15, 0.2) is 0 Å². The second kappa shape index (κ2) is 6.55. The Labute approximate surface area is 111 Å². The van der Waals surface area contributed by atoms with Crippen molar-refractivity contribution in [3.63, 3.8) is 0 Å². The Hall–Kier alpha value is -0.570. The van der Waals surface area contributed by atoms with Gasteiger partial charge in [-0.2, -0.15) is 0 Å². The number of esters is 1. The molecule has 1 unspecified atom stereocenters. The lowest BCUT2D eigenvalue weighted by Gasteiger charge is -2.39. The molecule has 0 amide bonds. The van der Waals surface area contributed by atoms with Crippen LogP contribution in [0.1, 0.15) is 59.8 Å². The Balaban J connectivity index is 2.65. The number of aliphatic hydroxyl groups is 1. The minimum atomic E-state index is -1.27. The summed E-state index contributed by atoms with van der Waals surface area (Å²) in [6.07, 6.45) is 4.55. The van der Waals surface area contributed by atoms with Crippen molar-refractivity contribution in [2.24, 2.45) is 17.8 Å². The number of rotatable bonds is 5. The summed E-state index contributed by atoms with van der Waals surface area (Å²) in [7, 11) is 0. The molecule has 0 saturated heterocycles. The first-order valence-electron chi connectivity index (χ1n) is 7.35. The van der Waals surface area contributed by atoms with Crippen LogP contribution in [0.3, 0.4) is 0 Å². The van der Waals surface area contributed by atoms with Gasteiger partial charge < -0.3 is 9.84 Å². The molecular formula is C15H28O3. The predicted molar refractivity (Wildman–Crippen MR) is 72.2 cm³/mol. The van der Waals surface area contributed by atoms with Gasteiger partial charge in [-0.05, 0) is 56.8 Å². The average Bonchev–Trinajstić information content (AvgIpc) is 2.38. The van der Waals surface area contributed by atoms with Gasteiger partial charge in [-0.25, -0.2) is 4.79 Å². The van der Waals surface area contributed by atoms with Crippen molar-refractivity contribution < 1.29 is 14.6 Å². The van der Waals surface area contributed by atoms with E-state index in [1.807, 2.05) is 6.92 Å². The van der Waals surface area contributed by atoms with Crippen molar-refractivity contribution in [1.29, 1.82) is 0 Å². The molecule has 1 aliphatic rings. The molecule has 1 fully saturated rings. The number of hydrogen-bond acceptors (Lipinski definition) is 3. The van der Waals surface area contributed by atoms with E-state index in [0.717, 1.165) is 31.6 Å². The maximum absolute atomic E-state index is 11.9. The van der Waals surface area contributed by atoms with Gasteiger partial charge in [-0.15, -0.1) is 0 Å².